The van der Waals surface area contributed by atoms with Gasteiger partial charge in [0, 0.05) is 18.7 Å². The molecule has 0 bridgehead atoms. The maximum atomic E-state index is 12.1. The van der Waals surface area contributed by atoms with Crippen LogP contribution in [-0.2, 0) is 0 Å². The van der Waals surface area contributed by atoms with Crippen LogP contribution in [-0.4, -0.2) is 35.6 Å². The molecule has 0 fully saturated rings. The van der Waals surface area contributed by atoms with Crippen molar-refractivity contribution in [2.45, 2.75) is 20.8 Å². The molecule has 4 nitrogen and oxygen atoms in total. The van der Waals surface area contributed by atoms with Gasteiger partial charge < -0.3 is 9.64 Å². The first-order valence-electron chi connectivity index (χ1n) is 6.56. The average Bonchev–Trinajstić information content (AvgIpc) is 2.42. The number of amides is 1. The Morgan fingerprint density at radius 3 is 2.50 bits per heavy atom. The zero-order chi connectivity index (χ0) is 15.1. The highest BCUT2D eigenvalue weighted by Gasteiger charge is 2.13. The number of rotatable bonds is 5. The number of nitrogens with zero attached hydrogens (tertiary/aromatic N) is 1. The van der Waals surface area contributed by atoms with Crippen molar-refractivity contribution in [1.82, 2.24) is 10.2 Å². The Hall–Kier alpha value is -1.14. The van der Waals surface area contributed by atoms with Crippen LogP contribution in [0.15, 0.2) is 22.7 Å². The minimum Gasteiger partial charge on any atom is -0.493 e. The molecule has 1 aromatic rings. The van der Waals surface area contributed by atoms with Gasteiger partial charge in [-0.2, -0.15) is 0 Å². The fourth-order valence-electron chi connectivity index (χ4n) is 1.67. The van der Waals surface area contributed by atoms with Gasteiger partial charge in [0.25, 0.3) is 5.91 Å². The number of nitrogens with one attached hydrogen (secondary N) is 1. The van der Waals surface area contributed by atoms with Crippen LogP contribution in [0.4, 0.5) is 0 Å². The highest BCUT2D eigenvalue weighted by molar-refractivity contribution is 9.10. The topological polar surface area (TPSA) is 41.6 Å². The summed E-state index contributed by atoms with van der Waals surface area (Å²) in [4.78, 5) is 14.0. The van der Waals surface area contributed by atoms with Gasteiger partial charge in [-0.15, -0.1) is 0 Å². The lowest BCUT2D eigenvalue weighted by Gasteiger charge is -2.21. The van der Waals surface area contributed by atoms with Gasteiger partial charge >= 0.3 is 0 Å². The second-order valence-electron chi connectivity index (χ2n) is 4.01. The minimum absolute atomic E-state index is 0.217. The number of carbonyl (C=O) groups is 1. The van der Waals surface area contributed by atoms with E-state index in [0.29, 0.717) is 17.3 Å². The van der Waals surface area contributed by atoms with Crippen LogP contribution in [0.1, 0.15) is 31.1 Å². The number of hydrogen-bond acceptors (Lipinski definition) is 3. The zero-order valence-corrected chi connectivity index (χ0v) is 14.3. The van der Waals surface area contributed by atoms with Crippen LogP contribution in [0.25, 0.3) is 0 Å². The second-order valence-corrected chi connectivity index (χ2v) is 5.25. The Bertz CT molecular complexity index is 490. The van der Waals surface area contributed by atoms with Gasteiger partial charge in [-0.25, -0.2) is 0 Å². The molecule has 0 aromatic heterocycles. The molecular weight excluding hydrogens is 340 g/mol. The molecule has 1 N–H and O–H groups in total. The predicted octanol–water partition coefficient (Wildman–Crippen LogP) is 3.20. The number of hydrogen-bond donors (Lipinski definition) is 1. The molecular formula is C14H19BrN2O2S. The van der Waals surface area contributed by atoms with E-state index in [2.05, 4.69) is 21.2 Å². The molecule has 0 aliphatic rings. The molecule has 0 saturated heterocycles. The van der Waals surface area contributed by atoms with Crippen molar-refractivity contribution in [1.29, 1.82) is 0 Å². The third-order valence-corrected chi connectivity index (χ3v) is 3.74. The number of benzene rings is 1. The quantitative estimate of drug-likeness (QED) is 0.820. The van der Waals surface area contributed by atoms with E-state index in [1.807, 2.05) is 25.7 Å². The first-order valence-corrected chi connectivity index (χ1v) is 7.76. The molecule has 1 aromatic carbocycles. The van der Waals surface area contributed by atoms with Crippen LogP contribution < -0.4 is 10.1 Å². The Labute approximate surface area is 133 Å². The smallest absolute Gasteiger partial charge is 0.257 e. The summed E-state index contributed by atoms with van der Waals surface area (Å²) in [6, 6.07) is 5.21. The average molecular weight is 359 g/mol. The van der Waals surface area contributed by atoms with E-state index >= 15 is 0 Å². The number of carbonyl (C=O) groups excluding carboxylic acids is 1. The number of halogens is 1. The van der Waals surface area contributed by atoms with Crippen molar-refractivity contribution in [2.24, 2.45) is 0 Å². The highest BCUT2D eigenvalue weighted by Crippen LogP contribution is 2.25. The highest BCUT2D eigenvalue weighted by atomic mass is 79.9. The van der Waals surface area contributed by atoms with Crippen molar-refractivity contribution in [3.63, 3.8) is 0 Å². The molecule has 0 spiro atoms. The van der Waals surface area contributed by atoms with E-state index in [0.717, 1.165) is 23.3 Å². The lowest BCUT2D eigenvalue weighted by Crippen LogP contribution is -2.42. The van der Waals surface area contributed by atoms with Crippen LogP contribution in [0.5, 0.6) is 5.75 Å². The van der Waals surface area contributed by atoms with E-state index in [4.69, 9.17) is 17.0 Å². The van der Waals surface area contributed by atoms with Gasteiger partial charge in [-0.3, -0.25) is 10.1 Å². The van der Waals surface area contributed by atoms with Gasteiger partial charge in [0.15, 0.2) is 5.11 Å². The largest absolute Gasteiger partial charge is 0.493 e. The lowest BCUT2D eigenvalue weighted by atomic mass is 10.2. The summed E-state index contributed by atoms with van der Waals surface area (Å²) in [7, 11) is 0. The van der Waals surface area contributed by atoms with E-state index in [9.17, 15) is 4.79 Å². The molecule has 0 aliphatic heterocycles. The van der Waals surface area contributed by atoms with Gasteiger partial charge in [-0.1, -0.05) is 0 Å². The Morgan fingerprint density at radius 1 is 1.35 bits per heavy atom. The molecule has 20 heavy (non-hydrogen) atoms. The van der Waals surface area contributed by atoms with Crippen molar-refractivity contribution >= 4 is 39.2 Å². The standard InChI is InChI=1S/C14H19BrN2O2S/c1-4-17(5-2)14(20)16-13(18)10-7-8-12(19-6-3)11(15)9-10/h7-9H,4-6H2,1-3H3,(H,16,18,20). The number of ether oxygens (including phenoxy) is 1. The van der Waals surface area contributed by atoms with E-state index in [1.54, 1.807) is 18.2 Å². The third kappa shape index (κ3) is 4.45. The van der Waals surface area contributed by atoms with E-state index in [-0.39, 0.29) is 5.91 Å². The predicted molar refractivity (Wildman–Crippen MR) is 88.3 cm³/mol. The summed E-state index contributed by atoms with van der Waals surface area (Å²) in [6.45, 7) is 8.02. The fraction of sp³-hybridized carbons (Fsp3) is 0.429. The molecule has 0 aliphatic carbocycles. The molecule has 1 rings (SSSR count). The van der Waals surface area contributed by atoms with Gasteiger partial charge in [0.2, 0.25) is 0 Å². The van der Waals surface area contributed by atoms with Gasteiger partial charge in [0.1, 0.15) is 5.75 Å². The summed E-state index contributed by atoms with van der Waals surface area (Å²) in [5, 5.41) is 3.18. The van der Waals surface area contributed by atoms with Crippen LogP contribution >= 0.6 is 28.1 Å². The molecule has 110 valence electrons. The van der Waals surface area contributed by atoms with Crippen molar-refractivity contribution in [3.8, 4) is 5.75 Å². The second kappa shape index (κ2) is 8.21. The maximum Gasteiger partial charge on any atom is 0.257 e. The normalized spacial score (nSPS) is 10.0. The van der Waals surface area contributed by atoms with Crippen LogP contribution in [0, 0.1) is 0 Å². The van der Waals surface area contributed by atoms with Gasteiger partial charge in [0.05, 0.1) is 11.1 Å². The Kier molecular flexibility index (Phi) is 6.95. The third-order valence-electron chi connectivity index (χ3n) is 2.77. The lowest BCUT2D eigenvalue weighted by molar-refractivity contribution is 0.0973. The molecule has 0 atom stereocenters. The summed E-state index contributed by atoms with van der Waals surface area (Å²) < 4.78 is 6.16. The first-order chi connectivity index (χ1) is 9.53. The molecule has 1 amide bonds. The van der Waals surface area contributed by atoms with Crippen molar-refractivity contribution in [2.75, 3.05) is 19.7 Å². The first kappa shape index (κ1) is 16.9. The summed E-state index contributed by atoms with van der Waals surface area (Å²) in [5.74, 6) is 0.501. The summed E-state index contributed by atoms with van der Waals surface area (Å²) in [5.41, 5.74) is 0.537. The number of thiocarbonyl (C=S) groups is 1. The van der Waals surface area contributed by atoms with E-state index in [1.165, 1.54) is 0 Å². The zero-order valence-electron chi connectivity index (χ0n) is 11.9. The van der Waals surface area contributed by atoms with Crippen LogP contribution in [0.3, 0.4) is 0 Å². The van der Waals surface area contributed by atoms with Crippen molar-refractivity contribution in [3.05, 3.63) is 28.2 Å². The maximum absolute atomic E-state index is 12.1. The molecule has 0 radical (unpaired) electrons. The molecule has 0 saturated carbocycles. The Balaban J connectivity index is 2.78. The van der Waals surface area contributed by atoms with E-state index < -0.39 is 0 Å². The monoisotopic (exact) mass is 358 g/mol. The fourth-order valence-corrected chi connectivity index (χ4v) is 2.52. The Morgan fingerprint density at radius 2 is 2.00 bits per heavy atom. The van der Waals surface area contributed by atoms with Crippen molar-refractivity contribution < 1.29 is 9.53 Å². The molecule has 0 unspecified atom stereocenters. The van der Waals surface area contributed by atoms with Gasteiger partial charge in [-0.05, 0) is 67.1 Å². The summed E-state index contributed by atoms with van der Waals surface area (Å²) >= 11 is 8.60. The SMILES string of the molecule is CCOc1ccc(C(=O)NC(=S)N(CC)CC)cc1Br. The summed E-state index contributed by atoms with van der Waals surface area (Å²) in [6.07, 6.45) is 0. The molecule has 6 heteroatoms. The molecule has 0 heterocycles. The minimum atomic E-state index is -0.217. The van der Waals surface area contributed by atoms with Crippen LogP contribution in [0.2, 0.25) is 0 Å².